The highest BCUT2D eigenvalue weighted by Gasteiger charge is 2.46. The van der Waals surface area contributed by atoms with E-state index in [9.17, 15) is 14.7 Å². The number of carbonyl (C=O) groups is 2. The minimum Gasteiger partial charge on any atom is -0.479 e. The fraction of sp³-hybridized carbons (Fsp3) is 0.733. The van der Waals surface area contributed by atoms with Crippen molar-refractivity contribution in [3.8, 4) is 0 Å². The number of hydrogen-bond donors (Lipinski definition) is 1. The zero-order chi connectivity index (χ0) is 14.6. The summed E-state index contributed by atoms with van der Waals surface area (Å²) in [6.07, 6.45) is 4.53. The molecule has 108 valence electrons. The zero-order valence-corrected chi connectivity index (χ0v) is 12.2. The summed E-state index contributed by atoms with van der Waals surface area (Å²) in [6, 6.07) is 0. The number of nitrogens with zero attached hydrogens (tertiary/aromatic N) is 1. The first kappa shape index (κ1) is 15.7. The monoisotopic (exact) mass is 267 g/mol. The Labute approximate surface area is 115 Å². The average Bonchev–Trinajstić information content (AvgIpc) is 2.36. The molecule has 1 atom stereocenters. The van der Waals surface area contributed by atoms with Gasteiger partial charge in [-0.2, -0.15) is 0 Å². The van der Waals surface area contributed by atoms with Crippen LogP contribution in [-0.2, 0) is 9.59 Å². The van der Waals surface area contributed by atoms with E-state index in [0.717, 1.165) is 24.8 Å². The van der Waals surface area contributed by atoms with Crippen LogP contribution in [0.15, 0.2) is 12.2 Å². The number of amides is 1. The Bertz CT molecular complexity index is 370. The molecule has 0 saturated heterocycles. The quantitative estimate of drug-likeness (QED) is 0.779. The Kier molecular flexibility index (Phi) is 5.15. The van der Waals surface area contributed by atoms with Crippen LogP contribution in [0.3, 0.4) is 0 Å². The van der Waals surface area contributed by atoms with Crippen molar-refractivity contribution < 1.29 is 14.7 Å². The van der Waals surface area contributed by atoms with Gasteiger partial charge in [0.2, 0.25) is 5.91 Å². The fourth-order valence-corrected chi connectivity index (χ4v) is 2.98. The summed E-state index contributed by atoms with van der Waals surface area (Å²) in [5, 5.41) is 9.56. The first-order valence-corrected chi connectivity index (χ1v) is 6.96. The summed E-state index contributed by atoms with van der Waals surface area (Å²) in [5.74, 6) is -1.17. The van der Waals surface area contributed by atoms with Crippen LogP contribution in [0.2, 0.25) is 0 Å². The Morgan fingerprint density at radius 1 is 1.32 bits per heavy atom. The second-order valence-electron chi connectivity index (χ2n) is 5.86. The van der Waals surface area contributed by atoms with Gasteiger partial charge in [0, 0.05) is 13.0 Å². The maximum atomic E-state index is 12.4. The third-order valence-electron chi connectivity index (χ3n) is 4.13. The van der Waals surface area contributed by atoms with Gasteiger partial charge in [0.15, 0.2) is 0 Å². The highest BCUT2D eigenvalue weighted by Crippen LogP contribution is 2.34. The van der Waals surface area contributed by atoms with Crippen LogP contribution in [0.4, 0.5) is 0 Å². The Balaban J connectivity index is 2.87. The van der Waals surface area contributed by atoms with E-state index >= 15 is 0 Å². The number of carboxylic acid groups (broad SMARTS) is 1. The number of allylic oxidation sites excluding steroid dienone is 1. The summed E-state index contributed by atoms with van der Waals surface area (Å²) in [7, 11) is 1.64. The lowest BCUT2D eigenvalue weighted by Crippen LogP contribution is -2.57. The van der Waals surface area contributed by atoms with E-state index in [1.807, 2.05) is 13.8 Å². The zero-order valence-electron chi connectivity index (χ0n) is 12.2. The second-order valence-corrected chi connectivity index (χ2v) is 5.86. The van der Waals surface area contributed by atoms with Gasteiger partial charge in [-0.25, -0.2) is 4.79 Å². The number of likely N-dealkylation sites (N-methyl/N-ethyl adjacent to an activating group) is 1. The molecule has 0 aromatic carbocycles. The molecule has 1 aliphatic carbocycles. The number of carbonyl (C=O) groups excluding carboxylic acids is 1. The molecule has 0 heterocycles. The molecule has 1 saturated carbocycles. The first-order chi connectivity index (χ1) is 8.81. The summed E-state index contributed by atoms with van der Waals surface area (Å²) in [4.78, 5) is 25.5. The Morgan fingerprint density at radius 3 is 2.26 bits per heavy atom. The maximum Gasteiger partial charge on any atom is 0.329 e. The number of carboxylic acids is 1. The van der Waals surface area contributed by atoms with Crippen molar-refractivity contribution in [2.45, 2.75) is 57.9 Å². The molecule has 1 amide bonds. The molecule has 0 aromatic heterocycles. The van der Waals surface area contributed by atoms with Crippen LogP contribution in [0.1, 0.15) is 52.4 Å². The molecule has 1 N–H and O–H groups in total. The number of rotatable bonds is 5. The molecule has 4 heteroatoms. The molecule has 0 radical (unpaired) electrons. The smallest absolute Gasteiger partial charge is 0.329 e. The van der Waals surface area contributed by atoms with Gasteiger partial charge >= 0.3 is 5.97 Å². The van der Waals surface area contributed by atoms with Gasteiger partial charge in [-0.1, -0.05) is 31.8 Å². The molecular weight excluding hydrogens is 242 g/mol. The summed E-state index contributed by atoms with van der Waals surface area (Å²) < 4.78 is 0. The van der Waals surface area contributed by atoms with Gasteiger partial charge in [-0.05, 0) is 26.2 Å². The fourth-order valence-electron chi connectivity index (χ4n) is 2.98. The maximum absolute atomic E-state index is 12.4. The molecule has 1 rings (SSSR count). The summed E-state index contributed by atoms with van der Waals surface area (Å²) >= 11 is 0. The van der Waals surface area contributed by atoms with E-state index in [4.69, 9.17) is 0 Å². The van der Waals surface area contributed by atoms with Crippen molar-refractivity contribution in [3.05, 3.63) is 12.2 Å². The molecule has 0 bridgehead atoms. The average molecular weight is 267 g/mol. The lowest BCUT2D eigenvalue weighted by molar-refractivity contribution is -0.161. The van der Waals surface area contributed by atoms with Crippen molar-refractivity contribution in [2.75, 3.05) is 7.05 Å². The minimum atomic E-state index is -1.00. The van der Waals surface area contributed by atoms with E-state index in [1.165, 1.54) is 4.90 Å². The SMILES string of the molecule is C=C(C)CC(C)C(=O)N(C)C1(C(=O)O)CCCCC1. The van der Waals surface area contributed by atoms with Gasteiger partial charge in [0.05, 0.1) is 0 Å². The van der Waals surface area contributed by atoms with E-state index in [-0.39, 0.29) is 11.8 Å². The van der Waals surface area contributed by atoms with Crippen LogP contribution in [0.25, 0.3) is 0 Å². The molecule has 0 spiro atoms. The third kappa shape index (κ3) is 3.37. The predicted molar refractivity (Wildman–Crippen MR) is 74.8 cm³/mol. The molecule has 0 aliphatic heterocycles. The van der Waals surface area contributed by atoms with E-state index in [0.29, 0.717) is 19.3 Å². The highest BCUT2D eigenvalue weighted by molar-refractivity contribution is 5.88. The van der Waals surface area contributed by atoms with Crippen molar-refractivity contribution in [2.24, 2.45) is 5.92 Å². The molecule has 4 nitrogen and oxygen atoms in total. The van der Waals surface area contributed by atoms with Crippen molar-refractivity contribution in [3.63, 3.8) is 0 Å². The number of hydrogen-bond acceptors (Lipinski definition) is 2. The summed E-state index contributed by atoms with van der Waals surface area (Å²) in [5.41, 5.74) is -0.0548. The first-order valence-electron chi connectivity index (χ1n) is 6.96. The predicted octanol–water partition coefficient (Wildman–Crippen LogP) is 2.83. The minimum absolute atomic E-state index is 0.0905. The Hall–Kier alpha value is -1.32. The second kappa shape index (κ2) is 6.22. The molecule has 1 unspecified atom stereocenters. The molecule has 1 fully saturated rings. The number of aliphatic carboxylic acids is 1. The lowest BCUT2D eigenvalue weighted by Gasteiger charge is -2.42. The van der Waals surface area contributed by atoms with Gasteiger partial charge in [-0.15, -0.1) is 6.58 Å². The van der Waals surface area contributed by atoms with Crippen molar-refractivity contribution >= 4 is 11.9 Å². The molecular formula is C15H25NO3. The van der Waals surface area contributed by atoms with Crippen LogP contribution < -0.4 is 0 Å². The Morgan fingerprint density at radius 2 is 1.84 bits per heavy atom. The molecule has 1 aliphatic rings. The summed E-state index contributed by atoms with van der Waals surface area (Å²) in [6.45, 7) is 7.54. The van der Waals surface area contributed by atoms with Crippen LogP contribution in [-0.4, -0.2) is 34.5 Å². The van der Waals surface area contributed by atoms with Crippen LogP contribution in [0.5, 0.6) is 0 Å². The van der Waals surface area contributed by atoms with Crippen LogP contribution in [0, 0.1) is 5.92 Å². The van der Waals surface area contributed by atoms with Crippen LogP contribution >= 0.6 is 0 Å². The largest absolute Gasteiger partial charge is 0.479 e. The van der Waals surface area contributed by atoms with E-state index < -0.39 is 11.5 Å². The van der Waals surface area contributed by atoms with Crippen molar-refractivity contribution in [1.82, 2.24) is 4.90 Å². The van der Waals surface area contributed by atoms with Crippen molar-refractivity contribution in [1.29, 1.82) is 0 Å². The van der Waals surface area contributed by atoms with Gasteiger partial charge < -0.3 is 10.0 Å². The lowest BCUT2D eigenvalue weighted by atomic mass is 9.80. The van der Waals surface area contributed by atoms with Gasteiger partial charge in [-0.3, -0.25) is 4.79 Å². The van der Waals surface area contributed by atoms with Gasteiger partial charge in [0.1, 0.15) is 5.54 Å². The van der Waals surface area contributed by atoms with E-state index in [2.05, 4.69) is 6.58 Å². The molecule has 0 aromatic rings. The standard InChI is InChI=1S/C15H25NO3/c1-11(2)10-12(3)13(17)16(4)15(14(18)19)8-6-5-7-9-15/h12H,1,5-10H2,2-4H3,(H,18,19). The third-order valence-corrected chi connectivity index (χ3v) is 4.13. The topological polar surface area (TPSA) is 57.6 Å². The normalized spacial score (nSPS) is 19.5. The molecule has 19 heavy (non-hydrogen) atoms. The highest BCUT2D eigenvalue weighted by atomic mass is 16.4. The van der Waals surface area contributed by atoms with Gasteiger partial charge in [0.25, 0.3) is 0 Å². The van der Waals surface area contributed by atoms with E-state index in [1.54, 1.807) is 7.05 Å².